The van der Waals surface area contributed by atoms with Crippen molar-refractivity contribution in [3.05, 3.63) is 116 Å². The standard InChI is InChI=1S/C27H24F2N2O5/c1-15(16-9-12-20(28)21(29)13-16)30-24(19-11-10-18(34-2)14-22(19)35-3)23-25(32)26(33)27(23)36-31-17-7-5-4-6-8-17/h4-15,24,30-31H,1-3H3. The van der Waals surface area contributed by atoms with Gasteiger partial charge < -0.3 is 14.3 Å². The summed E-state index contributed by atoms with van der Waals surface area (Å²) in [6.07, 6.45) is 0. The highest BCUT2D eigenvalue weighted by atomic mass is 19.2. The number of para-hydroxylation sites is 1. The molecule has 2 N–H and O–H groups in total. The number of ether oxygens (including phenoxy) is 2. The summed E-state index contributed by atoms with van der Waals surface area (Å²) in [5.74, 6) is -1.21. The number of halogens is 2. The van der Waals surface area contributed by atoms with Crippen LogP contribution in [0, 0.1) is 11.6 Å². The minimum atomic E-state index is -0.995. The maximum atomic E-state index is 13.9. The molecule has 0 fully saturated rings. The van der Waals surface area contributed by atoms with Crippen molar-refractivity contribution < 1.29 is 23.1 Å². The fraction of sp³-hybridized carbons (Fsp3) is 0.185. The maximum absolute atomic E-state index is 13.9. The van der Waals surface area contributed by atoms with Gasteiger partial charge >= 0.3 is 0 Å². The van der Waals surface area contributed by atoms with Crippen LogP contribution >= 0.6 is 0 Å². The van der Waals surface area contributed by atoms with E-state index in [0.29, 0.717) is 28.3 Å². The first kappa shape index (κ1) is 24.9. The summed E-state index contributed by atoms with van der Waals surface area (Å²) in [4.78, 5) is 30.8. The van der Waals surface area contributed by atoms with Crippen LogP contribution in [0.5, 0.6) is 17.2 Å². The van der Waals surface area contributed by atoms with Crippen LogP contribution in [0.3, 0.4) is 0 Å². The molecular weight excluding hydrogens is 470 g/mol. The van der Waals surface area contributed by atoms with Crippen molar-refractivity contribution in [2.45, 2.75) is 19.0 Å². The number of nitrogens with one attached hydrogen (secondary N) is 2. The Kier molecular flexibility index (Phi) is 7.30. The topological polar surface area (TPSA) is 85.9 Å². The lowest BCUT2D eigenvalue weighted by Gasteiger charge is -2.28. The molecule has 0 amide bonds. The zero-order valence-electron chi connectivity index (χ0n) is 19.8. The Morgan fingerprint density at radius 3 is 2.25 bits per heavy atom. The van der Waals surface area contributed by atoms with Crippen LogP contribution in [-0.4, -0.2) is 14.2 Å². The molecule has 0 bridgehead atoms. The van der Waals surface area contributed by atoms with Gasteiger partial charge in [0.2, 0.25) is 11.2 Å². The molecule has 7 nitrogen and oxygen atoms in total. The molecule has 2 unspecified atom stereocenters. The average molecular weight is 494 g/mol. The van der Waals surface area contributed by atoms with Crippen molar-refractivity contribution in [2.24, 2.45) is 0 Å². The summed E-state index contributed by atoms with van der Waals surface area (Å²) < 4.78 is 38.2. The smallest absolute Gasteiger partial charge is 0.271 e. The molecule has 2 atom stereocenters. The zero-order valence-corrected chi connectivity index (χ0v) is 19.8. The van der Waals surface area contributed by atoms with Gasteiger partial charge in [-0.2, -0.15) is 0 Å². The summed E-state index contributed by atoms with van der Waals surface area (Å²) >= 11 is 0. The first-order valence-corrected chi connectivity index (χ1v) is 11.1. The Hall–Kier alpha value is -4.24. The van der Waals surface area contributed by atoms with E-state index in [1.165, 1.54) is 20.3 Å². The molecule has 0 saturated heterocycles. The summed E-state index contributed by atoms with van der Waals surface area (Å²) in [6.45, 7) is 1.73. The fourth-order valence-corrected chi connectivity index (χ4v) is 3.88. The first-order chi connectivity index (χ1) is 17.3. The quantitative estimate of drug-likeness (QED) is 0.249. The van der Waals surface area contributed by atoms with Crippen molar-refractivity contribution >= 4 is 5.69 Å². The third-order valence-electron chi connectivity index (χ3n) is 5.85. The van der Waals surface area contributed by atoms with Crippen LogP contribution < -0.4 is 36.0 Å². The number of rotatable bonds is 10. The van der Waals surface area contributed by atoms with Crippen LogP contribution in [-0.2, 0) is 0 Å². The van der Waals surface area contributed by atoms with E-state index >= 15 is 0 Å². The number of methoxy groups -OCH3 is 2. The Balaban J connectivity index is 1.75. The van der Waals surface area contributed by atoms with Gasteiger partial charge in [-0.1, -0.05) is 24.3 Å². The van der Waals surface area contributed by atoms with Crippen molar-refractivity contribution in [1.29, 1.82) is 0 Å². The fourth-order valence-electron chi connectivity index (χ4n) is 3.88. The van der Waals surface area contributed by atoms with Gasteiger partial charge in [-0.25, -0.2) is 14.3 Å². The monoisotopic (exact) mass is 494 g/mol. The largest absolute Gasteiger partial charge is 0.497 e. The average Bonchev–Trinajstić information content (AvgIpc) is 2.91. The van der Waals surface area contributed by atoms with Gasteiger partial charge in [-0.3, -0.25) is 14.9 Å². The van der Waals surface area contributed by atoms with Gasteiger partial charge in [0.05, 0.1) is 31.5 Å². The minimum absolute atomic E-state index is 0.0707. The second-order valence-electron chi connectivity index (χ2n) is 8.07. The number of anilines is 1. The van der Waals surface area contributed by atoms with Gasteiger partial charge in [-0.05, 0) is 48.9 Å². The Morgan fingerprint density at radius 1 is 0.833 bits per heavy atom. The van der Waals surface area contributed by atoms with Gasteiger partial charge in [0.15, 0.2) is 11.6 Å². The molecule has 0 radical (unpaired) electrons. The van der Waals surface area contributed by atoms with E-state index in [0.717, 1.165) is 12.1 Å². The van der Waals surface area contributed by atoms with E-state index in [9.17, 15) is 18.4 Å². The summed E-state index contributed by atoms with van der Waals surface area (Å²) in [6, 6.07) is 16.0. The molecule has 4 rings (SSSR count). The van der Waals surface area contributed by atoms with E-state index in [1.54, 1.807) is 49.4 Å². The normalized spacial score (nSPS) is 12.7. The highest BCUT2D eigenvalue weighted by molar-refractivity contribution is 5.53. The molecule has 186 valence electrons. The van der Waals surface area contributed by atoms with E-state index in [2.05, 4.69) is 10.8 Å². The van der Waals surface area contributed by atoms with E-state index in [-0.39, 0.29) is 11.3 Å². The molecule has 0 aliphatic carbocycles. The molecule has 4 aromatic carbocycles. The highest BCUT2D eigenvalue weighted by Crippen LogP contribution is 2.36. The Bertz CT molecular complexity index is 1430. The molecule has 0 aromatic heterocycles. The molecule has 0 aliphatic rings. The van der Waals surface area contributed by atoms with Crippen LogP contribution in [0.25, 0.3) is 0 Å². The zero-order chi connectivity index (χ0) is 25.8. The van der Waals surface area contributed by atoms with E-state index in [4.69, 9.17) is 14.3 Å². The second kappa shape index (κ2) is 10.6. The Morgan fingerprint density at radius 2 is 1.58 bits per heavy atom. The number of benzene rings is 3. The number of hydrogen-bond donors (Lipinski definition) is 2. The van der Waals surface area contributed by atoms with Crippen LogP contribution in [0.1, 0.15) is 35.7 Å². The lowest BCUT2D eigenvalue weighted by atomic mass is 9.92. The molecule has 9 heteroatoms. The van der Waals surface area contributed by atoms with Crippen molar-refractivity contribution in [3.8, 4) is 17.2 Å². The minimum Gasteiger partial charge on any atom is -0.497 e. The van der Waals surface area contributed by atoms with Gasteiger partial charge in [0.25, 0.3) is 5.43 Å². The molecule has 4 aromatic rings. The van der Waals surface area contributed by atoms with Gasteiger partial charge in [0, 0.05) is 17.7 Å². The molecule has 0 spiro atoms. The van der Waals surface area contributed by atoms with Crippen LogP contribution in [0.4, 0.5) is 14.5 Å². The van der Waals surface area contributed by atoms with Crippen molar-refractivity contribution in [2.75, 3.05) is 19.7 Å². The first-order valence-electron chi connectivity index (χ1n) is 11.1. The molecule has 0 heterocycles. The summed E-state index contributed by atoms with van der Waals surface area (Å²) in [5.41, 5.74) is 2.78. The predicted molar refractivity (Wildman–Crippen MR) is 131 cm³/mol. The van der Waals surface area contributed by atoms with Crippen molar-refractivity contribution in [3.63, 3.8) is 0 Å². The highest BCUT2D eigenvalue weighted by Gasteiger charge is 2.34. The van der Waals surface area contributed by atoms with Gasteiger partial charge in [-0.15, -0.1) is 0 Å². The van der Waals surface area contributed by atoms with Gasteiger partial charge in [0.1, 0.15) is 11.5 Å². The SMILES string of the molecule is COc1ccc(C(NC(C)c2ccc(F)c(F)c2)c2c(ONc3ccccc3)c(=O)c2=O)c(OC)c1. The Labute approximate surface area is 205 Å². The van der Waals surface area contributed by atoms with E-state index in [1.807, 2.05) is 6.07 Å². The lowest BCUT2D eigenvalue weighted by Crippen LogP contribution is -2.43. The van der Waals surface area contributed by atoms with Crippen molar-refractivity contribution in [1.82, 2.24) is 5.32 Å². The molecular formula is C27H24F2N2O5. The second-order valence-corrected chi connectivity index (χ2v) is 8.07. The van der Waals surface area contributed by atoms with Crippen LogP contribution in [0.2, 0.25) is 0 Å². The molecule has 0 aliphatic heterocycles. The third-order valence-corrected chi connectivity index (χ3v) is 5.85. The number of hydrogen-bond acceptors (Lipinski definition) is 7. The lowest BCUT2D eigenvalue weighted by molar-refractivity contribution is 0.370. The predicted octanol–water partition coefficient (Wildman–Crippen LogP) is 4.42. The summed E-state index contributed by atoms with van der Waals surface area (Å²) in [5, 5.41) is 3.24. The molecule has 0 saturated carbocycles. The maximum Gasteiger partial charge on any atom is 0.271 e. The third kappa shape index (κ3) is 4.92. The summed E-state index contributed by atoms with van der Waals surface area (Å²) in [7, 11) is 2.97. The molecule has 36 heavy (non-hydrogen) atoms. The van der Waals surface area contributed by atoms with E-state index < -0.39 is 34.6 Å². The van der Waals surface area contributed by atoms with Crippen LogP contribution in [0.15, 0.2) is 76.3 Å².